The Morgan fingerprint density at radius 3 is 2.92 bits per heavy atom. The number of nitrogens with zero attached hydrogens (tertiary/aromatic N) is 2. The minimum Gasteiger partial charge on any atom is -0.467 e. The van der Waals surface area contributed by atoms with E-state index in [9.17, 15) is 9.59 Å². The summed E-state index contributed by atoms with van der Waals surface area (Å²) < 4.78 is 6.72. The monoisotopic (exact) mass is 377 g/mol. The zero-order valence-corrected chi connectivity index (χ0v) is 15.5. The first-order chi connectivity index (χ1) is 12.5. The van der Waals surface area contributed by atoms with Gasteiger partial charge >= 0.3 is 5.69 Å². The van der Waals surface area contributed by atoms with Gasteiger partial charge in [0.15, 0.2) is 10.8 Å². The second kappa shape index (κ2) is 9.04. The Hall–Kier alpha value is -2.81. The standard InChI is InChI=1S/C17H23N5O3S/c1-3-5-9-21-14(18)13(15(23)20-16(21)24)22(17(26)19-8-4-2)11-12-7-6-10-25-12/h4,6-7,10H,2-3,5,8-9,11,18H2,1H3,(H,19,26)(H,20,23,24). The van der Waals surface area contributed by atoms with Crippen molar-refractivity contribution in [2.24, 2.45) is 0 Å². The topological polar surface area (TPSA) is 109 Å². The number of anilines is 2. The van der Waals surface area contributed by atoms with E-state index in [0.29, 0.717) is 18.8 Å². The van der Waals surface area contributed by atoms with Crippen LogP contribution < -0.4 is 27.2 Å². The van der Waals surface area contributed by atoms with Crippen LogP contribution in [0.15, 0.2) is 45.1 Å². The molecule has 0 amide bonds. The fourth-order valence-corrected chi connectivity index (χ4v) is 2.68. The van der Waals surface area contributed by atoms with Gasteiger partial charge in [-0.1, -0.05) is 19.4 Å². The average Bonchev–Trinajstić information content (AvgIpc) is 3.11. The maximum absolute atomic E-state index is 12.5. The SMILES string of the molecule is C=CCNC(=S)N(Cc1ccco1)c1c(N)n(CCCC)c(=O)[nH]c1=O. The Balaban J connectivity index is 2.51. The lowest BCUT2D eigenvalue weighted by Gasteiger charge is -2.26. The molecular weight excluding hydrogens is 354 g/mol. The molecule has 0 aromatic carbocycles. The molecule has 0 saturated heterocycles. The van der Waals surface area contributed by atoms with Crippen molar-refractivity contribution in [1.29, 1.82) is 0 Å². The van der Waals surface area contributed by atoms with Gasteiger partial charge in [-0.25, -0.2) is 4.79 Å². The predicted octanol–water partition coefficient (Wildman–Crippen LogP) is 1.58. The number of hydrogen-bond acceptors (Lipinski definition) is 5. The Morgan fingerprint density at radius 1 is 1.54 bits per heavy atom. The molecule has 0 aliphatic rings. The minimum absolute atomic E-state index is 0.0708. The molecular formula is C17H23N5O3S. The number of hydrogen-bond donors (Lipinski definition) is 3. The van der Waals surface area contributed by atoms with E-state index >= 15 is 0 Å². The first-order valence-corrected chi connectivity index (χ1v) is 8.71. The minimum atomic E-state index is -0.602. The number of nitrogen functional groups attached to an aromatic ring is 1. The molecule has 2 aromatic heterocycles. The Bertz CT molecular complexity index is 870. The van der Waals surface area contributed by atoms with Gasteiger partial charge in [-0.05, 0) is 30.8 Å². The van der Waals surface area contributed by atoms with Gasteiger partial charge in [0.1, 0.15) is 11.6 Å². The summed E-state index contributed by atoms with van der Waals surface area (Å²) in [4.78, 5) is 28.5. The van der Waals surface area contributed by atoms with E-state index in [2.05, 4.69) is 16.9 Å². The van der Waals surface area contributed by atoms with Crippen molar-refractivity contribution in [3.8, 4) is 0 Å². The van der Waals surface area contributed by atoms with Crippen LogP contribution in [-0.2, 0) is 13.1 Å². The largest absolute Gasteiger partial charge is 0.467 e. The quantitative estimate of drug-likeness (QED) is 0.473. The van der Waals surface area contributed by atoms with Crippen LogP contribution in [0.4, 0.5) is 11.5 Å². The molecule has 0 atom stereocenters. The Labute approximate surface area is 156 Å². The van der Waals surface area contributed by atoms with Gasteiger partial charge in [0, 0.05) is 13.1 Å². The number of aromatic nitrogens is 2. The number of aromatic amines is 1. The van der Waals surface area contributed by atoms with Gasteiger partial charge in [-0.15, -0.1) is 6.58 Å². The van der Waals surface area contributed by atoms with Crippen LogP contribution in [0.2, 0.25) is 0 Å². The molecule has 8 nitrogen and oxygen atoms in total. The number of rotatable bonds is 8. The molecule has 9 heteroatoms. The Morgan fingerprint density at radius 2 is 2.31 bits per heavy atom. The van der Waals surface area contributed by atoms with Crippen LogP contribution in [0.5, 0.6) is 0 Å². The van der Waals surface area contributed by atoms with E-state index < -0.39 is 11.2 Å². The molecule has 2 aromatic rings. The van der Waals surface area contributed by atoms with Crippen molar-refractivity contribution in [3.63, 3.8) is 0 Å². The lowest BCUT2D eigenvalue weighted by atomic mass is 10.3. The van der Waals surface area contributed by atoms with Crippen LogP contribution in [0.25, 0.3) is 0 Å². The van der Waals surface area contributed by atoms with E-state index in [4.69, 9.17) is 22.4 Å². The third-order valence-electron chi connectivity index (χ3n) is 3.76. The lowest BCUT2D eigenvalue weighted by molar-refractivity contribution is 0.510. The second-order valence-corrected chi connectivity index (χ2v) is 6.03. The van der Waals surface area contributed by atoms with Gasteiger partial charge < -0.3 is 20.4 Å². The van der Waals surface area contributed by atoms with Crippen molar-refractivity contribution >= 4 is 28.8 Å². The molecule has 2 rings (SSSR count). The molecule has 26 heavy (non-hydrogen) atoms. The molecule has 0 aliphatic carbocycles. The van der Waals surface area contributed by atoms with Crippen LogP contribution >= 0.6 is 12.2 Å². The summed E-state index contributed by atoms with van der Waals surface area (Å²) in [6.45, 7) is 6.66. The molecule has 0 unspecified atom stereocenters. The lowest BCUT2D eigenvalue weighted by Crippen LogP contribution is -2.45. The highest BCUT2D eigenvalue weighted by molar-refractivity contribution is 7.80. The first kappa shape index (κ1) is 19.5. The van der Waals surface area contributed by atoms with Crippen LogP contribution in [0.3, 0.4) is 0 Å². The van der Waals surface area contributed by atoms with Crippen LogP contribution in [-0.4, -0.2) is 21.2 Å². The third kappa shape index (κ3) is 4.42. The van der Waals surface area contributed by atoms with Crippen molar-refractivity contribution in [2.45, 2.75) is 32.9 Å². The number of H-pyrrole nitrogens is 1. The number of nitrogens with two attached hydrogens (primary N) is 1. The van der Waals surface area contributed by atoms with Crippen LogP contribution in [0.1, 0.15) is 25.5 Å². The molecule has 0 bridgehead atoms. The van der Waals surface area contributed by atoms with E-state index in [0.717, 1.165) is 12.8 Å². The fraction of sp³-hybridized carbons (Fsp3) is 0.353. The number of furan rings is 1. The first-order valence-electron chi connectivity index (χ1n) is 8.30. The van der Waals surface area contributed by atoms with Crippen molar-refractivity contribution in [2.75, 3.05) is 17.2 Å². The van der Waals surface area contributed by atoms with Gasteiger partial charge in [0.2, 0.25) is 0 Å². The maximum atomic E-state index is 12.5. The number of nitrogens with one attached hydrogen (secondary N) is 2. The van der Waals surface area contributed by atoms with E-state index in [1.54, 1.807) is 18.2 Å². The summed E-state index contributed by atoms with van der Waals surface area (Å²) in [5, 5.41) is 3.25. The van der Waals surface area contributed by atoms with Crippen molar-refractivity contribution in [1.82, 2.24) is 14.9 Å². The zero-order valence-electron chi connectivity index (χ0n) is 14.7. The van der Waals surface area contributed by atoms with Gasteiger partial charge in [-0.2, -0.15) is 0 Å². The summed E-state index contributed by atoms with van der Waals surface area (Å²) in [6.07, 6.45) is 4.82. The van der Waals surface area contributed by atoms with Gasteiger partial charge in [-0.3, -0.25) is 14.3 Å². The van der Waals surface area contributed by atoms with Crippen molar-refractivity contribution in [3.05, 3.63) is 57.6 Å². The fourth-order valence-electron chi connectivity index (χ4n) is 2.44. The molecule has 0 fully saturated rings. The molecule has 140 valence electrons. The van der Waals surface area contributed by atoms with E-state index in [1.165, 1.54) is 15.7 Å². The summed E-state index contributed by atoms with van der Waals surface area (Å²) in [5.74, 6) is 0.666. The number of thiocarbonyl (C=S) groups is 1. The summed E-state index contributed by atoms with van der Waals surface area (Å²) in [7, 11) is 0. The maximum Gasteiger partial charge on any atom is 0.330 e. The predicted molar refractivity (Wildman–Crippen MR) is 106 cm³/mol. The van der Waals surface area contributed by atoms with Gasteiger partial charge in [0.05, 0.1) is 12.8 Å². The molecule has 0 saturated carbocycles. The summed E-state index contributed by atoms with van der Waals surface area (Å²) in [6, 6.07) is 3.50. The highest BCUT2D eigenvalue weighted by Crippen LogP contribution is 2.20. The number of unbranched alkanes of at least 4 members (excludes halogenated alkanes) is 1. The molecule has 0 spiro atoms. The third-order valence-corrected chi connectivity index (χ3v) is 4.12. The van der Waals surface area contributed by atoms with Crippen molar-refractivity contribution < 1.29 is 4.42 Å². The smallest absolute Gasteiger partial charge is 0.330 e. The molecule has 0 aliphatic heterocycles. The molecule has 0 radical (unpaired) electrons. The highest BCUT2D eigenvalue weighted by atomic mass is 32.1. The summed E-state index contributed by atoms with van der Waals surface area (Å²) >= 11 is 5.41. The molecule has 4 N–H and O–H groups in total. The second-order valence-electron chi connectivity index (χ2n) is 5.64. The zero-order chi connectivity index (χ0) is 19.1. The van der Waals surface area contributed by atoms with E-state index in [1.807, 2.05) is 6.92 Å². The average molecular weight is 377 g/mol. The molecule has 2 heterocycles. The highest BCUT2D eigenvalue weighted by Gasteiger charge is 2.23. The normalized spacial score (nSPS) is 10.5. The van der Waals surface area contributed by atoms with Crippen LogP contribution in [0, 0.1) is 0 Å². The summed E-state index contributed by atoms with van der Waals surface area (Å²) in [5.41, 5.74) is 5.16. The Kier molecular flexibility index (Phi) is 6.79. The van der Waals surface area contributed by atoms with Gasteiger partial charge in [0.25, 0.3) is 5.56 Å². The van der Waals surface area contributed by atoms with E-state index in [-0.39, 0.29) is 23.2 Å².